The lowest BCUT2D eigenvalue weighted by molar-refractivity contribution is 0.300. The molecule has 0 amide bonds. The van der Waals surface area contributed by atoms with Crippen LogP contribution in [0.15, 0.2) is 42.5 Å². The normalized spacial score (nSPS) is 13.3. The fourth-order valence-electron chi connectivity index (χ4n) is 2.49. The lowest BCUT2D eigenvalue weighted by Crippen LogP contribution is -2.24. The number of hydrogen-bond donors (Lipinski definition) is 1. The lowest BCUT2D eigenvalue weighted by Gasteiger charge is -2.21. The maximum Gasteiger partial charge on any atom is 0.125 e. The highest BCUT2D eigenvalue weighted by Gasteiger charge is 2.15. The molecule has 1 aliphatic heterocycles. The molecule has 3 rings (SSSR count). The minimum atomic E-state index is 0.530. The summed E-state index contributed by atoms with van der Waals surface area (Å²) in [5.74, 6) is 0.829. The summed E-state index contributed by atoms with van der Waals surface area (Å²) in [6.07, 6.45) is 0.951. The summed E-state index contributed by atoms with van der Waals surface area (Å²) < 4.78 is 5.94. The average molecular weight is 264 g/mol. The molecule has 0 unspecified atom stereocenters. The maximum atomic E-state index is 9.13. The van der Waals surface area contributed by atoms with Gasteiger partial charge >= 0.3 is 0 Å². The minimum Gasteiger partial charge on any atom is -0.489 e. The Morgan fingerprint density at radius 3 is 2.85 bits per heavy atom. The van der Waals surface area contributed by atoms with Crippen molar-refractivity contribution in [1.82, 2.24) is 5.32 Å². The van der Waals surface area contributed by atoms with Crippen molar-refractivity contribution in [2.45, 2.75) is 19.6 Å². The van der Waals surface area contributed by atoms with E-state index in [0.29, 0.717) is 12.2 Å². The summed E-state index contributed by atoms with van der Waals surface area (Å²) in [5, 5.41) is 12.5. The number of fused-ring (bicyclic) bond motifs is 1. The van der Waals surface area contributed by atoms with E-state index in [4.69, 9.17) is 10.00 Å². The van der Waals surface area contributed by atoms with E-state index in [1.807, 2.05) is 42.5 Å². The van der Waals surface area contributed by atoms with Gasteiger partial charge in [0.25, 0.3) is 0 Å². The quantitative estimate of drug-likeness (QED) is 0.927. The number of rotatable bonds is 3. The topological polar surface area (TPSA) is 45.0 Å². The Hall–Kier alpha value is -2.31. The first-order chi connectivity index (χ1) is 9.86. The average Bonchev–Trinajstić information content (AvgIpc) is 2.53. The van der Waals surface area contributed by atoms with Crippen molar-refractivity contribution in [2.24, 2.45) is 0 Å². The zero-order valence-electron chi connectivity index (χ0n) is 11.2. The predicted octanol–water partition coefficient (Wildman–Crippen LogP) is 2.78. The Balaban J connectivity index is 1.86. The predicted molar refractivity (Wildman–Crippen MR) is 77.3 cm³/mol. The summed E-state index contributed by atoms with van der Waals surface area (Å²) >= 11 is 0. The molecule has 0 aliphatic carbocycles. The van der Waals surface area contributed by atoms with E-state index < -0.39 is 0 Å². The Labute approximate surface area is 118 Å². The molecule has 3 heteroatoms. The maximum absolute atomic E-state index is 9.13. The molecule has 0 aromatic heterocycles. The van der Waals surface area contributed by atoms with Crippen molar-refractivity contribution in [2.75, 3.05) is 6.54 Å². The molecule has 0 atom stereocenters. The molecule has 100 valence electrons. The van der Waals surface area contributed by atoms with Gasteiger partial charge in [0.2, 0.25) is 0 Å². The molecule has 1 N–H and O–H groups in total. The molecule has 0 saturated carbocycles. The van der Waals surface area contributed by atoms with Crippen molar-refractivity contribution in [3.05, 3.63) is 64.7 Å². The van der Waals surface area contributed by atoms with Crippen LogP contribution in [-0.2, 0) is 19.6 Å². The number of benzene rings is 2. The number of nitriles is 1. The third kappa shape index (κ3) is 2.66. The molecule has 0 fully saturated rings. The van der Waals surface area contributed by atoms with Gasteiger partial charge in [-0.3, -0.25) is 0 Å². The summed E-state index contributed by atoms with van der Waals surface area (Å²) in [6.45, 7) is 2.30. The van der Waals surface area contributed by atoms with Crippen LogP contribution in [0.4, 0.5) is 0 Å². The molecule has 2 aromatic rings. The summed E-state index contributed by atoms with van der Waals surface area (Å²) in [6, 6.07) is 16.1. The van der Waals surface area contributed by atoms with Gasteiger partial charge in [0, 0.05) is 12.1 Å². The van der Waals surface area contributed by atoms with Crippen LogP contribution in [0.3, 0.4) is 0 Å². The number of ether oxygens (including phenoxy) is 1. The molecular formula is C17H16N2O. The molecular weight excluding hydrogens is 248 g/mol. The molecule has 0 radical (unpaired) electrons. The van der Waals surface area contributed by atoms with Gasteiger partial charge in [-0.2, -0.15) is 5.26 Å². The van der Waals surface area contributed by atoms with E-state index in [-0.39, 0.29) is 0 Å². The van der Waals surface area contributed by atoms with Crippen molar-refractivity contribution < 1.29 is 4.74 Å². The monoisotopic (exact) mass is 264 g/mol. The van der Waals surface area contributed by atoms with E-state index in [1.54, 1.807) is 0 Å². The molecule has 2 aromatic carbocycles. The summed E-state index contributed by atoms with van der Waals surface area (Å²) in [7, 11) is 0. The minimum absolute atomic E-state index is 0.530. The Morgan fingerprint density at radius 2 is 2.05 bits per heavy atom. The second-order valence-electron chi connectivity index (χ2n) is 4.92. The third-order valence-corrected chi connectivity index (χ3v) is 3.54. The number of nitrogens with one attached hydrogen (secondary N) is 1. The van der Waals surface area contributed by atoms with Gasteiger partial charge in [-0.25, -0.2) is 0 Å². The van der Waals surface area contributed by atoms with Crippen LogP contribution in [0.5, 0.6) is 5.75 Å². The van der Waals surface area contributed by atoms with Crippen molar-refractivity contribution in [3.8, 4) is 11.8 Å². The first-order valence-electron chi connectivity index (χ1n) is 6.80. The SMILES string of the molecule is N#Cc1cc2c(c(OCc3ccccc3)c1)CNCC2. The van der Waals surface area contributed by atoms with Gasteiger partial charge in [-0.1, -0.05) is 30.3 Å². The second-order valence-corrected chi connectivity index (χ2v) is 4.92. The zero-order valence-corrected chi connectivity index (χ0v) is 11.2. The lowest BCUT2D eigenvalue weighted by atomic mass is 9.97. The number of hydrogen-bond acceptors (Lipinski definition) is 3. The van der Waals surface area contributed by atoms with Crippen LogP contribution in [0.25, 0.3) is 0 Å². The van der Waals surface area contributed by atoms with Gasteiger partial charge < -0.3 is 10.1 Å². The van der Waals surface area contributed by atoms with E-state index in [1.165, 1.54) is 11.1 Å². The molecule has 1 heterocycles. The highest BCUT2D eigenvalue weighted by Crippen LogP contribution is 2.28. The first-order valence-corrected chi connectivity index (χ1v) is 6.80. The van der Waals surface area contributed by atoms with Crippen molar-refractivity contribution >= 4 is 0 Å². The molecule has 3 nitrogen and oxygen atoms in total. The van der Waals surface area contributed by atoms with Crippen molar-refractivity contribution in [1.29, 1.82) is 5.26 Å². The molecule has 0 spiro atoms. The third-order valence-electron chi connectivity index (χ3n) is 3.54. The highest BCUT2D eigenvalue weighted by atomic mass is 16.5. The zero-order chi connectivity index (χ0) is 13.8. The Kier molecular flexibility index (Phi) is 3.67. The van der Waals surface area contributed by atoms with Gasteiger partial charge in [0.15, 0.2) is 0 Å². The van der Waals surface area contributed by atoms with E-state index in [2.05, 4.69) is 11.4 Å². The smallest absolute Gasteiger partial charge is 0.125 e. The van der Waals surface area contributed by atoms with Crippen LogP contribution in [0.2, 0.25) is 0 Å². The van der Waals surface area contributed by atoms with Gasteiger partial charge in [0.1, 0.15) is 12.4 Å². The second kappa shape index (κ2) is 5.77. The summed E-state index contributed by atoms with van der Waals surface area (Å²) in [5.41, 5.74) is 4.22. The van der Waals surface area contributed by atoms with E-state index in [9.17, 15) is 0 Å². The fourth-order valence-corrected chi connectivity index (χ4v) is 2.49. The fraction of sp³-hybridized carbons (Fsp3) is 0.235. The Bertz CT molecular complexity index is 644. The van der Waals surface area contributed by atoms with Crippen LogP contribution in [-0.4, -0.2) is 6.54 Å². The molecule has 1 aliphatic rings. The van der Waals surface area contributed by atoms with Crippen LogP contribution in [0.1, 0.15) is 22.3 Å². The standard InChI is InChI=1S/C17H16N2O/c18-10-14-8-15-6-7-19-11-16(15)17(9-14)20-12-13-4-2-1-3-5-13/h1-5,8-9,19H,6-7,11-12H2. The molecule has 20 heavy (non-hydrogen) atoms. The molecule has 0 saturated heterocycles. The largest absolute Gasteiger partial charge is 0.489 e. The van der Waals surface area contributed by atoms with E-state index in [0.717, 1.165) is 30.8 Å². The summed E-state index contributed by atoms with van der Waals surface area (Å²) in [4.78, 5) is 0. The van der Waals surface area contributed by atoms with Crippen LogP contribution >= 0.6 is 0 Å². The van der Waals surface area contributed by atoms with Crippen molar-refractivity contribution in [3.63, 3.8) is 0 Å². The van der Waals surface area contributed by atoms with Gasteiger partial charge in [-0.05, 0) is 36.2 Å². The first kappa shape index (κ1) is 12.7. The Morgan fingerprint density at radius 1 is 1.20 bits per heavy atom. The van der Waals surface area contributed by atoms with E-state index >= 15 is 0 Å². The highest BCUT2D eigenvalue weighted by molar-refractivity contribution is 5.48. The van der Waals surface area contributed by atoms with Gasteiger partial charge in [0.05, 0.1) is 11.6 Å². The molecule has 0 bridgehead atoms. The van der Waals surface area contributed by atoms with Crippen LogP contribution in [0, 0.1) is 11.3 Å². The number of nitrogens with zero attached hydrogens (tertiary/aromatic N) is 1. The van der Waals surface area contributed by atoms with Gasteiger partial charge in [-0.15, -0.1) is 0 Å². The van der Waals surface area contributed by atoms with Crippen LogP contribution < -0.4 is 10.1 Å².